The van der Waals surface area contributed by atoms with Gasteiger partial charge in [-0.05, 0) is 12.1 Å². The zero-order valence-corrected chi connectivity index (χ0v) is 11.9. The van der Waals surface area contributed by atoms with E-state index in [9.17, 15) is 13.2 Å². The van der Waals surface area contributed by atoms with Gasteiger partial charge in [-0.15, -0.1) is 13.2 Å². The molecule has 0 fully saturated rings. The first kappa shape index (κ1) is 14.9. The van der Waals surface area contributed by atoms with Crippen molar-refractivity contribution in [1.29, 1.82) is 0 Å². The summed E-state index contributed by atoms with van der Waals surface area (Å²) in [7, 11) is 0. The van der Waals surface area contributed by atoms with Crippen molar-refractivity contribution in [1.82, 2.24) is 9.19 Å². The van der Waals surface area contributed by atoms with Gasteiger partial charge in [0.2, 0.25) is 0 Å². The van der Waals surface area contributed by atoms with Gasteiger partial charge in [0, 0.05) is 11.9 Å². The second-order valence-corrected chi connectivity index (χ2v) is 7.39. The minimum atomic E-state index is -4.78. The van der Waals surface area contributed by atoms with Crippen LogP contribution in [0.15, 0.2) is 24.4 Å². The SMILES string of the molecule is FC(F)(F)Oc1cccc2c1cnn2SC(Cl)(Cl)Cl. The molecule has 1 aromatic heterocycles. The Morgan fingerprint density at radius 3 is 2.47 bits per heavy atom. The molecule has 2 aromatic rings. The fourth-order valence-electron chi connectivity index (χ4n) is 1.39. The van der Waals surface area contributed by atoms with Crippen LogP contribution in [0.5, 0.6) is 5.75 Å². The van der Waals surface area contributed by atoms with Gasteiger partial charge in [-0.25, -0.2) is 4.09 Å². The van der Waals surface area contributed by atoms with Crippen molar-refractivity contribution in [2.75, 3.05) is 0 Å². The molecule has 0 atom stereocenters. The minimum absolute atomic E-state index is 0.168. The largest absolute Gasteiger partial charge is 0.573 e. The predicted octanol–water partition coefficient (Wildman–Crippen LogP) is 4.76. The maximum absolute atomic E-state index is 12.2. The number of ether oxygens (including phenoxy) is 1. The summed E-state index contributed by atoms with van der Waals surface area (Å²) in [6, 6.07) is 4.11. The fourth-order valence-corrected chi connectivity index (χ4v) is 2.52. The summed E-state index contributed by atoms with van der Waals surface area (Å²) in [5.74, 6) is -0.360. The van der Waals surface area contributed by atoms with Crippen LogP contribution in [-0.4, -0.2) is 18.7 Å². The normalized spacial score (nSPS) is 12.9. The highest BCUT2D eigenvalue weighted by Gasteiger charge is 2.32. The topological polar surface area (TPSA) is 27.1 Å². The average molecular weight is 352 g/mol. The maximum Gasteiger partial charge on any atom is 0.573 e. The number of fused-ring (bicyclic) bond motifs is 1. The highest BCUT2D eigenvalue weighted by molar-refractivity contribution is 8.03. The van der Waals surface area contributed by atoms with Crippen LogP contribution >= 0.6 is 46.8 Å². The molecular weight excluding hydrogens is 348 g/mol. The van der Waals surface area contributed by atoms with Crippen LogP contribution in [0.1, 0.15) is 0 Å². The van der Waals surface area contributed by atoms with Crippen molar-refractivity contribution < 1.29 is 17.9 Å². The van der Waals surface area contributed by atoms with E-state index in [1.165, 1.54) is 28.5 Å². The molecule has 104 valence electrons. The number of hydrogen-bond acceptors (Lipinski definition) is 3. The minimum Gasteiger partial charge on any atom is -0.405 e. The van der Waals surface area contributed by atoms with Crippen molar-refractivity contribution in [2.45, 2.75) is 9.49 Å². The third-order valence-electron chi connectivity index (χ3n) is 1.96. The third kappa shape index (κ3) is 3.98. The summed E-state index contributed by atoms with van der Waals surface area (Å²) in [5, 5.41) is 4.02. The third-order valence-corrected chi connectivity index (χ3v) is 3.25. The Morgan fingerprint density at radius 2 is 1.89 bits per heavy atom. The number of aromatic nitrogens is 2. The fraction of sp³-hybridized carbons (Fsp3) is 0.222. The van der Waals surface area contributed by atoms with Crippen LogP contribution in [0.3, 0.4) is 0 Å². The Morgan fingerprint density at radius 1 is 1.21 bits per heavy atom. The molecule has 0 bridgehead atoms. The van der Waals surface area contributed by atoms with Crippen LogP contribution in [0.2, 0.25) is 0 Å². The highest BCUT2D eigenvalue weighted by atomic mass is 35.6. The quantitative estimate of drug-likeness (QED) is 0.730. The number of benzene rings is 1. The van der Waals surface area contributed by atoms with Crippen LogP contribution in [0.4, 0.5) is 13.2 Å². The van der Waals surface area contributed by atoms with Crippen molar-refractivity contribution in [3.63, 3.8) is 0 Å². The van der Waals surface area contributed by atoms with Crippen molar-refractivity contribution in [3.05, 3.63) is 24.4 Å². The van der Waals surface area contributed by atoms with E-state index in [-0.39, 0.29) is 11.1 Å². The summed E-state index contributed by atoms with van der Waals surface area (Å²) in [5.41, 5.74) is 0.345. The predicted molar refractivity (Wildman–Crippen MR) is 69.7 cm³/mol. The number of halogens is 6. The van der Waals surface area contributed by atoms with Gasteiger partial charge in [0.15, 0.2) is 0 Å². The van der Waals surface area contributed by atoms with Gasteiger partial charge < -0.3 is 4.74 Å². The lowest BCUT2D eigenvalue weighted by Crippen LogP contribution is -2.17. The molecule has 0 spiro atoms. The summed E-state index contributed by atoms with van der Waals surface area (Å²) in [4.78, 5) is 0. The van der Waals surface area contributed by atoms with E-state index in [0.717, 1.165) is 11.9 Å². The molecule has 10 heteroatoms. The molecule has 0 unspecified atom stereocenters. The van der Waals surface area contributed by atoms with Crippen LogP contribution in [0.25, 0.3) is 10.9 Å². The van der Waals surface area contributed by atoms with Gasteiger partial charge in [0.05, 0.1) is 17.1 Å². The first-order chi connectivity index (χ1) is 8.66. The molecule has 0 saturated heterocycles. The monoisotopic (exact) mass is 350 g/mol. The molecule has 0 radical (unpaired) electrons. The van der Waals surface area contributed by atoms with Crippen molar-refractivity contribution in [2.24, 2.45) is 0 Å². The van der Waals surface area contributed by atoms with Gasteiger partial charge in [-0.2, -0.15) is 5.10 Å². The molecular formula is C9H4Cl3F3N2OS. The first-order valence-corrected chi connectivity index (χ1v) is 6.55. The Hall–Kier alpha value is -0.500. The Labute approximate surface area is 124 Å². The van der Waals surface area contributed by atoms with Gasteiger partial charge in [-0.3, -0.25) is 0 Å². The second-order valence-electron chi connectivity index (χ2n) is 3.29. The molecule has 3 nitrogen and oxygen atoms in total. The average Bonchev–Trinajstić information content (AvgIpc) is 2.58. The number of alkyl halides is 6. The molecule has 0 amide bonds. The lowest BCUT2D eigenvalue weighted by atomic mass is 10.2. The van der Waals surface area contributed by atoms with E-state index < -0.39 is 9.49 Å². The van der Waals surface area contributed by atoms with E-state index in [4.69, 9.17) is 34.8 Å². The number of rotatable bonds is 2. The summed E-state index contributed by atoms with van der Waals surface area (Å²) >= 11 is 17.5. The first-order valence-electron chi connectivity index (χ1n) is 4.64. The lowest BCUT2D eigenvalue weighted by Gasteiger charge is -2.11. The lowest BCUT2D eigenvalue weighted by molar-refractivity contribution is -0.274. The molecule has 19 heavy (non-hydrogen) atoms. The van der Waals surface area contributed by atoms with Crippen LogP contribution in [-0.2, 0) is 0 Å². The van der Waals surface area contributed by atoms with Crippen molar-refractivity contribution >= 4 is 57.7 Å². The molecule has 1 heterocycles. The summed E-state index contributed by atoms with van der Waals surface area (Å²) in [6.45, 7) is 0. The number of nitrogens with zero attached hydrogens (tertiary/aromatic N) is 2. The van der Waals surface area contributed by atoms with Gasteiger partial charge in [0.1, 0.15) is 5.75 Å². The molecule has 0 aliphatic heterocycles. The van der Waals surface area contributed by atoms with Crippen molar-refractivity contribution in [3.8, 4) is 5.75 Å². The second kappa shape index (κ2) is 5.12. The maximum atomic E-state index is 12.2. The summed E-state index contributed by atoms with van der Waals surface area (Å²) < 4.78 is 40.1. The molecule has 0 aliphatic rings. The smallest absolute Gasteiger partial charge is 0.405 e. The van der Waals surface area contributed by atoms with Crippen LogP contribution < -0.4 is 4.74 Å². The Kier molecular flexibility index (Phi) is 4.02. The van der Waals surface area contributed by atoms with E-state index in [1.807, 2.05) is 0 Å². The van der Waals surface area contributed by atoms with E-state index in [2.05, 4.69) is 9.84 Å². The standard InChI is InChI=1S/C9H4Cl3F3N2OS/c10-8(11,12)19-17-6-2-1-3-7(5(6)4-16-17)18-9(13,14)15/h1-4H. The molecule has 1 aromatic carbocycles. The van der Waals surface area contributed by atoms with E-state index in [0.29, 0.717) is 5.52 Å². The van der Waals surface area contributed by atoms with Crippen LogP contribution in [0, 0.1) is 0 Å². The van der Waals surface area contributed by atoms with Gasteiger partial charge in [0.25, 0.3) is 3.12 Å². The molecule has 0 aliphatic carbocycles. The molecule has 2 rings (SSSR count). The highest BCUT2D eigenvalue weighted by Crippen LogP contribution is 2.41. The Balaban J connectivity index is 2.43. The summed E-state index contributed by atoms with van der Waals surface area (Å²) in [6.07, 6.45) is -3.57. The van der Waals surface area contributed by atoms with Gasteiger partial charge >= 0.3 is 6.36 Å². The van der Waals surface area contributed by atoms with E-state index >= 15 is 0 Å². The molecule has 0 saturated carbocycles. The van der Waals surface area contributed by atoms with Gasteiger partial charge in [-0.1, -0.05) is 40.9 Å². The Bertz CT molecular complexity index is 596. The van der Waals surface area contributed by atoms with E-state index in [1.54, 1.807) is 0 Å². The zero-order chi connectivity index (χ0) is 14.3. The number of hydrogen-bond donors (Lipinski definition) is 0. The zero-order valence-electron chi connectivity index (χ0n) is 8.79. The molecule has 0 N–H and O–H groups in total.